The highest BCUT2D eigenvalue weighted by Gasteiger charge is 2.12. The minimum atomic E-state index is -2.95. The summed E-state index contributed by atoms with van der Waals surface area (Å²) < 4.78 is 61.6. The fourth-order valence-electron chi connectivity index (χ4n) is 2.39. The molecule has 0 saturated heterocycles. The van der Waals surface area contributed by atoms with Gasteiger partial charge in [0, 0.05) is 25.7 Å². The molecule has 0 heterocycles. The molecule has 5 nitrogen and oxygen atoms in total. The van der Waals surface area contributed by atoms with Gasteiger partial charge in [-0.1, -0.05) is 6.07 Å². The van der Waals surface area contributed by atoms with Gasteiger partial charge in [0.1, 0.15) is 11.6 Å². The highest BCUT2D eigenvalue weighted by Crippen LogP contribution is 2.29. The number of hydrogen-bond acceptors (Lipinski definition) is 3. The van der Waals surface area contributed by atoms with Gasteiger partial charge in [-0.3, -0.25) is 4.99 Å². The zero-order valence-corrected chi connectivity index (χ0v) is 15.4. The maximum Gasteiger partial charge on any atom is 0.387 e. The van der Waals surface area contributed by atoms with Crippen LogP contribution in [-0.4, -0.2) is 26.2 Å². The first-order chi connectivity index (χ1) is 13.4. The van der Waals surface area contributed by atoms with Crippen molar-refractivity contribution in [3.05, 3.63) is 59.2 Å². The predicted octanol–water partition coefficient (Wildman–Crippen LogP) is 3.83. The van der Waals surface area contributed by atoms with Gasteiger partial charge in [0.25, 0.3) is 0 Å². The first-order valence-electron chi connectivity index (χ1n) is 8.52. The Kier molecular flexibility index (Phi) is 7.91. The molecule has 0 amide bonds. The van der Waals surface area contributed by atoms with E-state index in [9.17, 15) is 17.6 Å². The van der Waals surface area contributed by atoms with Crippen molar-refractivity contribution >= 4 is 5.96 Å². The lowest BCUT2D eigenvalue weighted by Crippen LogP contribution is -2.36. The van der Waals surface area contributed by atoms with Crippen LogP contribution >= 0.6 is 0 Å². The van der Waals surface area contributed by atoms with Crippen molar-refractivity contribution in [2.24, 2.45) is 4.99 Å². The van der Waals surface area contributed by atoms with Crippen molar-refractivity contribution in [1.29, 1.82) is 0 Å². The molecule has 152 valence electrons. The third-order valence-corrected chi connectivity index (χ3v) is 3.66. The van der Waals surface area contributed by atoms with E-state index in [0.29, 0.717) is 19.1 Å². The molecule has 0 spiro atoms. The molecule has 0 bridgehead atoms. The Labute approximate surface area is 160 Å². The number of nitrogens with zero attached hydrogens (tertiary/aromatic N) is 1. The fourth-order valence-corrected chi connectivity index (χ4v) is 2.39. The van der Waals surface area contributed by atoms with E-state index >= 15 is 0 Å². The van der Waals surface area contributed by atoms with E-state index in [4.69, 9.17) is 4.74 Å². The maximum absolute atomic E-state index is 13.7. The van der Waals surface area contributed by atoms with Crippen LogP contribution in [0.4, 0.5) is 17.6 Å². The zero-order chi connectivity index (χ0) is 20.5. The van der Waals surface area contributed by atoms with Gasteiger partial charge in [-0.25, -0.2) is 8.78 Å². The van der Waals surface area contributed by atoms with Crippen LogP contribution in [0.2, 0.25) is 0 Å². The minimum absolute atomic E-state index is 0.0363. The zero-order valence-electron chi connectivity index (χ0n) is 15.4. The third kappa shape index (κ3) is 6.33. The summed E-state index contributed by atoms with van der Waals surface area (Å²) in [4.78, 5) is 4.01. The molecule has 2 N–H and O–H groups in total. The average molecular weight is 399 g/mol. The lowest BCUT2D eigenvalue weighted by atomic mass is 10.2. The number of ether oxygens (including phenoxy) is 2. The molecule has 0 aromatic heterocycles. The van der Waals surface area contributed by atoms with Crippen LogP contribution in [0.15, 0.2) is 41.4 Å². The number of halogens is 4. The molecule has 0 saturated carbocycles. The van der Waals surface area contributed by atoms with Gasteiger partial charge in [0.15, 0.2) is 17.5 Å². The van der Waals surface area contributed by atoms with E-state index < -0.39 is 18.2 Å². The standard InChI is InChI=1S/C19H21F4N3O2/c1-3-27-17-8-12(4-7-16(17)28-18(22)23)10-25-19(24-2)26-11-13-9-14(20)5-6-15(13)21/h4-9,18H,3,10-11H2,1-2H3,(H2,24,25,26). The quantitative estimate of drug-likeness (QED) is 0.403. The fraction of sp³-hybridized carbons (Fsp3) is 0.316. The van der Waals surface area contributed by atoms with E-state index in [0.717, 1.165) is 23.8 Å². The number of guanidine groups is 1. The van der Waals surface area contributed by atoms with Gasteiger partial charge < -0.3 is 20.1 Å². The molecular formula is C19H21F4N3O2. The summed E-state index contributed by atoms with van der Waals surface area (Å²) in [5.74, 6) is -0.554. The second-order valence-electron chi connectivity index (χ2n) is 5.61. The number of rotatable bonds is 8. The van der Waals surface area contributed by atoms with E-state index in [1.54, 1.807) is 19.1 Å². The van der Waals surface area contributed by atoms with Crippen molar-refractivity contribution in [1.82, 2.24) is 10.6 Å². The molecule has 0 atom stereocenters. The Morgan fingerprint density at radius 3 is 2.46 bits per heavy atom. The monoisotopic (exact) mass is 399 g/mol. The predicted molar refractivity (Wildman–Crippen MR) is 97.6 cm³/mol. The van der Waals surface area contributed by atoms with Crippen LogP contribution in [0.25, 0.3) is 0 Å². The van der Waals surface area contributed by atoms with Crippen LogP contribution in [0.3, 0.4) is 0 Å². The Morgan fingerprint density at radius 2 is 1.79 bits per heavy atom. The maximum atomic E-state index is 13.7. The summed E-state index contributed by atoms with van der Waals surface area (Å²) in [5, 5.41) is 5.88. The smallest absolute Gasteiger partial charge is 0.387 e. The van der Waals surface area contributed by atoms with Gasteiger partial charge in [0.05, 0.1) is 6.61 Å². The molecule has 2 aromatic rings. The Balaban J connectivity index is 1.98. The van der Waals surface area contributed by atoms with Crippen LogP contribution in [0, 0.1) is 11.6 Å². The largest absolute Gasteiger partial charge is 0.490 e. The van der Waals surface area contributed by atoms with E-state index in [-0.39, 0.29) is 23.6 Å². The molecule has 9 heteroatoms. The SMILES string of the molecule is CCOc1cc(CNC(=NC)NCc2cc(F)ccc2F)ccc1OC(F)F. The van der Waals surface area contributed by atoms with Crippen molar-refractivity contribution in [3.63, 3.8) is 0 Å². The second-order valence-corrected chi connectivity index (χ2v) is 5.61. The third-order valence-electron chi connectivity index (χ3n) is 3.66. The Bertz CT molecular complexity index is 816. The lowest BCUT2D eigenvalue weighted by molar-refractivity contribution is -0.0514. The van der Waals surface area contributed by atoms with Gasteiger partial charge in [-0.15, -0.1) is 0 Å². The molecule has 0 fully saturated rings. The molecule has 2 rings (SSSR count). The number of aliphatic imine (C=N–C) groups is 1. The van der Waals surface area contributed by atoms with Crippen LogP contribution in [-0.2, 0) is 13.1 Å². The molecule has 0 unspecified atom stereocenters. The summed E-state index contributed by atoms with van der Waals surface area (Å²) in [7, 11) is 1.53. The van der Waals surface area contributed by atoms with E-state index in [1.165, 1.54) is 13.1 Å². The molecule has 0 aliphatic carbocycles. The molecule has 2 aromatic carbocycles. The van der Waals surface area contributed by atoms with Crippen molar-refractivity contribution < 1.29 is 27.0 Å². The molecule has 28 heavy (non-hydrogen) atoms. The van der Waals surface area contributed by atoms with Gasteiger partial charge in [-0.2, -0.15) is 8.78 Å². The molecule has 0 aliphatic rings. The first-order valence-corrected chi connectivity index (χ1v) is 8.52. The van der Waals surface area contributed by atoms with Crippen LogP contribution in [0.1, 0.15) is 18.1 Å². The van der Waals surface area contributed by atoms with E-state index in [1.807, 2.05) is 0 Å². The average Bonchev–Trinajstić information content (AvgIpc) is 2.66. The van der Waals surface area contributed by atoms with Crippen molar-refractivity contribution in [2.45, 2.75) is 26.6 Å². The summed E-state index contributed by atoms with van der Waals surface area (Å²) in [6.45, 7) is -0.600. The highest BCUT2D eigenvalue weighted by atomic mass is 19.3. The second kappa shape index (κ2) is 10.4. The minimum Gasteiger partial charge on any atom is -0.490 e. The number of nitrogens with one attached hydrogen (secondary N) is 2. The summed E-state index contributed by atoms with van der Waals surface area (Å²) in [6.07, 6.45) is 0. The molecule has 0 radical (unpaired) electrons. The summed E-state index contributed by atoms with van der Waals surface area (Å²) >= 11 is 0. The summed E-state index contributed by atoms with van der Waals surface area (Å²) in [5.41, 5.74) is 0.889. The Hall–Kier alpha value is -2.97. The summed E-state index contributed by atoms with van der Waals surface area (Å²) in [6, 6.07) is 7.78. The number of benzene rings is 2. The normalized spacial score (nSPS) is 11.5. The van der Waals surface area contributed by atoms with Crippen molar-refractivity contribution in [3.8, 4) is 11.5 Å². The number of hydrogen-bond donors (Lipinski definition) is 2. The molecule has 0 aliphatic heterocycles. The highest BCUT2D eigenvalue weighted by molar-refractivity contribution is 5.79. The number of alkyl halides is 2. The van der Waals surface area contributed by atoms with Gasteiger partial charge in [-0.05, 0) is 42.8 Å². The first kappa shape index (κ1) is 21.3. The lowest BCUT2D eigenvalue weighted by Gasteiger charge is -2.15. The Morgan fingerprint density at radius 1 is 1.04 bits per heavy atom. The van der Waals surface area contributed by atoms with Crippen LogP contribution < -0.4 is 20.1 Å². The van der Waals surface area contributed by atoms with Gasteiger partial charge >= 0.3 is 6.61 Å². The molecular weight excluding hydrogens is 378 g/mol. The van der Waals surface area contributed by atoms with Crippen LogP contribution in [0.5, 0.6) is 11.5 Å². The topological polar surface area (TPSA) is 54.9 Å². The van der Waals surface area contributed by atoms with E-state index in [2.05, 4.69) is 20.4 Å². The van der Waals surface area contributed by atoms with Crippen molar-refractivity contribution in [2.75, 3.05) is 13.7 Å². The van der Waals surface area contributed by atoms with Gasteiger partial charge in [0.2, 0.25) is 0 Å².